The molecule has 10 heteroatoms. The van der Waals surface area contributed by atoms with Gasteiger partial charge in [0, 0.05) is 33.2 Å². The maximum atomic E-state index is 6.80. The van der Waals surface area contributed by atoms with Crippen molar-refractivity contribution in [2.24, 2.45) is 0 Å². The summed E-state index contributed by atoms with van der Waals surface area (Å²) in [7, 11) is 52.8. The molecule has 59 heavy (non-hydrogen) atoms. The van der Waals surface area contributed by atoms with E-state index >= 15 is 0 Å². The van der Waals surface area contributed by atoms with E-state index in [-0.39, 0.29) is 43.7 Å². The zero-order chi connectivity index (χ0) is 40.7. The van der Waals surface area contributed by atoms with Gasteiger partial charge >= 0.3 is 0 Å². The maximum absolute atomic E-state index is 6.80. The topological polar surface area (TPSA) is 9.86 Å². The predicted molar refractivity (Wildman–Crippen MR) is 257 cm³/mol. The summed E-state index contributed by atoms with van der Waals surface area (Å²) in [4.78, 5) is 0. The fraction of sp³-hybridized carbons (Fsp3) is 0.0204. The first kappa shape index (κ1) is 37.2. The van der Waals surface area contributed by atoms with Crippen LogP contribution in [-0.2, 0) is 5.41 Å². The van der Waals surface area contributed by atoms with Crippen LogP contribution in [0, 0.1) is 0 Å². The molecule has 256 valence electrons. The Morgan fingerprint density at radius 1 is 0.305 bits per heavy atom. The van der Waals surface area contributed by atoms with Gasteiger partial charge in [-0.15, -0.1) is 21.9 Å². The van der Waals surface area contributed by atoms with E-state index in [0.29, 0.717) is 21.8 Å². The lowest BCUT2D eigenvalue weighted by Gasteiger charge is -2.37. The molecular weight excluding hydrogens is 703 g/mol. The average molecular weight is 729 g/mol. The van der Waals surface area contributed by atoms with E-state index in [2.05, 4.69) is 150 Å². The molecule has 0 aliphatic heterocycles. The van der Waals surface area contributed by atoms with Crippen LogP contribution in [0.1, 0.15) is 22.3 Å². The Balaban J connectivity index is 1.27. The summed E-state index contributed by atoms with van der Waals surface area (Å²) in [5.74, 6) is 0. The van der Waals surface area contributed by atoms with Gasteiger partial charge in [0.25, 0.3) is 0 Å². The number of para-hydroxylation sites is 1. The van der Waals surface area contributed by atoms with E-state index in [0.717, 1.165) is 55.4 Å². The first-order valence-corrected chi connectivity index (χ1v) is 19.3. The third kappa shape index (κ3) is 5.31. The van der Waals surface area contributed by atoms with Crippen LogP contribution in [0.4, 0.5) is 0 Å². The lowest BCUT2D eigenvalue weighted by molar-refractivity contribution is 0.744. The highest BCUT2D eigenvalue weighted by molar-refractivity contribution is 6.71. The lowest BCUT2D eigenvalue weighted by atomic mass is 9.63. The van der Waals surface area contributed by atoms with Crippen molar-refractivity contribution in [2.75, 3.05) is 0 Å². The normalized spacial score (nSPS) is 11.9. The molecule has 2 nitrogen and oxygen atoms in total. The van der Waals surface area contributed by atoms with E-state index < -0.39 is 5.41 Å². The molecule has 0 aliphatic carbocycles. The summed E-state index contributed by atoms with van der Waals surface area (Å²) in [6.07, 6.45) is 0. The maximum Gasteiger partial charge on any atom is 0.115 e. The molecular formula is C49H26B8N2. The summed E-state index contributed by atoms with van der Waals surface area (Å²) in [6.45, 7) is 0. The molecule has 0 saturated carbocycles. The fourth-order valence-electron chi connectivity index (χ4n) is 9.29. The SMILES string of the molecule is [B]c1c([B])c([B])c2c(c1[B])c1c([B])c([B])c([B])c([B])c1n2-c1ccc2c(c1)c1ccccc1n2-c1cccc(C(c2ccccc2)(c2ccccc2)c2ccccc2)c1. The van der Waals surface area contributed by atoms with E-state index in [4.69, 9.17) is 62.8 Å². The highest BCUT2D eigenvalue weighted by Crippen LogP contribution is 2.46. The summed E-state index contributed by atoms with van der Waals surface area (Å²) in [5, 5.41) is 3.03. The molecule has 0 saturated heterocycles. The van der Waals surface area contributed by atoms with Crippen LogP contribution in [0.2, 0.25) is 0 Å². The van der Waals surface area contributed by atoms with Gasteiger partial charge in [-0.3, -0.25) is 0 Å². The Bertz CT molecular complexity index is 3130. The Kier molecular flexibility index (Phi) is 8.83. The zero-order valence-corrected chi connectivity index (χ0v) is 32.0. The third-order valence-electron chi connectivity index (χ3n) is 12.0. The predicted octanol–water partition coefficient (Wildman–Crippen LogP) is 2.61. The molecule has 0 fully saturated rings. The van der Waals surface area contributed by atoms with Gasteiger partial charge in [0.2, 0.25) is 0 Å². The molecule has 2 aromatic heterocycles. The summed E-state index contributed by atoms with van der Waals surface area (Å²) in [5.41, 5.74) is 10.3. The highest BCUT2D eigenvalue weighted by Gasteiger charge is 2.38. The number of hydrogen-bond donors (Lipinski definition) is 0. The van der Waals surface area contributed by atoms with E-state index in [9.17, 15) is 0 Å². The van der Waals surface area contributed by atoms with Gasteiger partial charge in [-0.2, -0.15) is 0 Å². The van der Waals surface area contributed by atoms with Crippen molar-refractivity contribution in [1.29, 1.82) is 0 Å². The van der Waals surface area contributed by atoms with Crippen LogP contribution in [0.15, 0.2) is 158 Å². The summed E-state index contributed by atoms with van der Waals surface area (Å²) >= 11 is 0. The molecule has 0 aliphatic rings. The van der Waals surface area contributed by atoms with Crippen LogP contribution in [0.25, 0.3) is 55.0 Å². The second kappa shape index (κ2) is 14.0. The largest absolute Gasteiger partial charge is 0.311 e. The zero-order valence-electron chi connectivity index (χ0n) is 32.0. The number of fused-ring (bicyclic) bond motifs is 6. The number of rotatable bonds is 6. The number of benzene rings is 8. The molecule has 0 unspecified atom stereocenters. The summed E-state index contributed by atoms with van der Waals surface area (Å²) < 4.78 is 4.22. The molecule has 0 spiro atoms. The molecule has 10 rings (SSSR count). The second-order valence-corrected chi connectivity index (χ2v) is 15.0. The third-order valence-corrected chi connectivity index (χ3v) is 12.0. The van der Waals surface area contributed by atoms with E-state index in [1.54, 1.807) is 0 Å². The molecule has 0 N–H and O–H groups in total. The molecule has 0 atom stereocenters. The van der Waals surface area contributed by atoms with Crippen molar-refractivity contribution in [3.8, 4) is 11.4 Å². The minimum absolute atomic E-state index is 0.152. The quantitative estimate of drug-likeness (QED) is 0.184. The fourth-order valence-corrected chi connectivity index (χ4v) is 9.29. The van der Waals surface area contributed by atoms with Gasteiger partial charge in [-0.1, -0.05) is 143 Å². The van der Waals surface area contributed by atoms with Crippen molar-refractivity contribution < 1.29 is 0 Å². The van der Waals surface area contributed by atoms with Crippen molar-refractivity contribution in [2.45, 2.75) is 5.41 Å². The first-order valence-electron chi connectivity index (χ1n) is 19.3. The molecule has 0 amide bonds. The number of hydrogen-bond acceptors (Lipinski definition) is 0. The van der Waals surface area contributed by atoms with Crippen molar-refractivity contribution >= 4 is 150 Å². The average Bonchev–Trinajstić information content (AvgIpc) is 3.82. The van der Waals surface area contributed by atoms with Crippen LogP contribution >= 0.6 is 0 Å². The minimum atomic E-state index is -0.623. The lowest BCUT2D eigenvalue weighted by Crippen LogP contribution is -2.49. The Hall–Kier alpha value is -6.12. The van der Waals surface area contributed by atoms with Gasteiger partial charge < -0.3 is 9.13 Å². The molecule has 8 aromatic carbocycles. The van der Waals surface area contributed by atoms with Crippen molar-refractivity contribution in [3.05, 3.63) is 180 Å². The van der Waals surface area contributed by atoms with E-state index in [1.807, 2.05) is 16.7 Å². The second-order valence-electron chi connectivity index (χ2n) is 15.0. The summed E-state index contributed by atoms with van der Waals surface area (Å²) in [6, 6.07) is 55.6. The monoisotopic (exact) mass is 730 g/mol. The molecule has 0 bridgehead atoms. The van der Waals surface area contributed by atoms with E-state index in [1.165, 1.54) is 0 Å². The first-order chi connectivity index (χ1) is 28.6. The van der Waals surface area contributed by atoms with Crippen molar-refractivity contribution in [3.63, 3.8) is 0 Å². The van der Waals surface area contributed by atoms with Gasteiger partial charge in [-0.05, 0) is 69.4 Å². The van der Waals surface area contributed by atoms with Gasteiger partial charge in [0.1, 0.15) is 62.8 Å². The van der Waals surface area contributed by atoms with Gasteiger partial charge in [-0.25, -0.2) is 0 Å². The van der Waals surface area contributed by atoms with Gasteiger partial charge in [0.15, 0.2) is 0 Å². The molecule has 10 aromatic rings. The Morgan fingerprint density at radius 3 is 1.25 bits per heavy atom. The van der Waals surface area contributed by atoms with Gasteiger partial charge in [0.05, 0.1) is 16.4 Å². The Labute approximate surface area is 354 Å². The number of nitrogens with zero attached hydrogens (tertiary/aromatic N) is 2. The minimum Gasteiger partial charge on any atom is -0.311 e. The Morgan fingerprint density at radius 2 is 0.729 bits per heavy atom. The molecule has 16 radical (unpaired) electrons. The van der Waals surface area contributed by atoms with Crippen LogP contribution in [0.5, 0.6) is 0 Å². The van der Waals surface area contributed by atoms with Crippen LogP contribution in [-0.4, -0.2) is 71.9 Å². The van der Waals surface area contributed by atoms with Crippen LogP contribution in [0.3, 0.4) is 0 Å². The highest BCUT2D eigenvalue weighted by atomic mass is 15.0. The van der Waals surface area contributed by atoms with Crippen molar-refractivity contribution in [1.82, 2.24) is 9.13 Å². The standard InChI is InChI=1S/C49H26B8N2/c50-39-37-38-40(51)42(53)44(55)46(57)48(38)59(47(37)45(56)43(54)41(39)52)32-23-24-36-34(26-32)33-21-10-11-22-35(33)58(36)31-20-12-19-30(25-31)49(27-13-4-1-5-14-27,28-15-6-2-7-16-28)29-17-8-3-9-18-29/h1-26H. The molecule has 2 heterocycles. The number of aromatic nitrogens is 2. The smallest absolute Gasteiger partial charge is 0.115 e. The van der Waals surface area contributed by atoms with Crippen LogP contribution < -0.4 is 43.7 Å².